The molecule has 0 unspecified atom stereocenters. The van der Waals surface area contributed by atoms with E-state index < -0.39 is 0 Å². The minimum atomic E-state index is -0.0656. The molecule has 0 atom stereocenters. The zero-order chi connectivity index (χ0) is 19.6. The second-order valence-corrected chi connectivity index (χ2v) is 7.99. The number of benzene rings is 1. The molecule has 0 radical (unpaired) electrons. The molecule has 1 aromatic carbocycles. The lowest BCUT2D eigenvalue weighted by atomic mass is 10.2. The molecule has 0 aliphatic carbocycles. The highest BCUT2D eigenvalue weighted by atomic mass is 32.2. The third kappa shape index (κ3) is 5.87. The summed E-state index contributed by atoms with van der Waals surface area (Å²) < 4.78 is 0.778. The normalized spacial score (nSPS) is 11.9. The number of amides is 1. The van der Waals surface area contributed by atoms with Gasteiger partial charge in [-0.25, -0.2) is 0 Å². The van der Waals surface area contributed by atoms with Gasteiger partial charge in [0.05, 0.1) is 5.52 Å². The van der Waals surface area contributed by atoms with Gasteiger partial charge in [0.2, 0.25) is 11.0 Å². The van der Waals surface area contributed by atoms with Crippen LogP contribution in [0.5, 0.6) is 0 Å². The van der Waals surface area contributed by atoms with E-state index in [-0.39, 0.29) is 5.91 Å². The molecule has 7 heteroatoms. The summed E-state index contributed by atoms with van der Waals surface area (Å²) in [5.74, 6) is -0.0656. The Kier molecular flexibility index (Phi) is 7.52. The molecule has 2 heterocycles. The summed E-state index contributed by atoms with van der Waals surface area (Å²) in [6, 6.07) is 9.94. The third-order valence-electron chi connectivity index (χ3n) is 3.66. The van der Waals surface area contributed by atoms with Crippen LogP contribution in [0.3, 0.4) is 0 Å². The van der Waals surface area contributed by atoms with E-state index in [0.29, 0.717) is 18.0 Å². The third-order valence-corrected chi connectivity index (χ3v) is 5.62. The van der Waals surface area contributed by atoms with E-state index in [2.05, 4.69) is 20.5 Å². The predicted molar refractivity (Wildman–Crippen MR) is 117 cm³/mol. The summed E-state index contributed by atoms with van der Waals surface area (Å²) in [7, 11) is 0. The molecule has 3 aromatic rings. The number of nitrogens with one attached hydrogen (secondary N) is 1. The van der Waals surface area contributed by atoms with E-state index in [1.54, 1.807) is 6.20 Å². The molecule has 3 rings (SSSR count). The van der Waals surface area contributed by atoms with Crippen LogP contribution in [0.4, 0.5) is 5.13 Å². The molecule has 0 aliphatic rings. The van der Waals surface area contributed by atoms with Crippen LogP contribution >= 0.6 is 23.1 Å². The van der Waals surface area contributed by atoms with Gasteiger partial charge >= 0.3 is 0 Å². The van der Waals surface area contributed by atoms with Crippen LogP contribution in [-0.2, 0) is 4.79 Å². The molecule has 5 nitrogen and oxygen atoms in total. The van der Waals surface area contributed by atoms with Gasteiger partial charge in [-0.15, -0.1) is 10.2 Å². The van der Waals surface area contributed by atoms with Crippen LogP contribution < -0.4 is 5.32 Å². The zero-order valence-corrected chi connectivity index (χ0v) is 17.0. The van der Waals surface area contributed by atoms with E-state index in [1.807, 2.05) is 73.7 Å². The second kappa shape index (κ2) is 10.5. The number of hydrogen-bond donors (Lipinski definition) is 1. The predicted octanol–water partition coefficient (Wildman–Crippen LogP) is 5.64. The number of pyridine rings is 1. The number of fused-ring (bicyclic) bond motifs is 1. The van der Waals surface area contributed by atoms with Crippen molar-refractivity contribution < 1.29 is 4.79 Å². The summed E-state index contributed by atoms with van der Waals surface area (Å²) in [4.78, 5) is 17.5. The lowest BCUT2D eigenvalue weighted by Crippen LogP contribution is -2.10. The number of para-hydroxylation sites is 1. The van der Waals surface area contributed by atoms with Crippen molar-refractivity contribution >= 4 is 45.0 Å². The molecule has 0 fully saturated rings. The van der Waals surface area contributed by atoms with Gasteiger partial charge in [0.1, 0.15) is 0 Å². The zero-order valence-electron chi connectivity index (χ0n) is 15.4. The number of aromatic nitrogens is 3. The van der Waals surface area contributed by atoms with Crippen LogP contribution in [0.2, 0.25) is 0 Å². The first-order chi connectivity index (χ1) is 13.8. The van der Waals surface area contributed by atoms with E-state index in [4.69, 9.17) is 0 Å². The fourth-order valence-corrected chi connectivity index (χ4v) is 4.21. The van der Waals surface area contributed by atoms with Crippen LogP contribution in [0.15, 0.2) is 82.2 Å². The Morgan fingerprint density at radius 1 is 1.14 bits per heavy atom. The summed E-state index contributed by atoms with van der Waals surface area (Å²) in [5, 5.41) is 12.7. The van der Waals surface area contributed by atoms with Crippen LogP contribution in [0.25, 0.3) is 10.9 Å². The average Bonchev–Trinajstić information content (AvgIpc) is 3.14. The Hall–Kier alpha value is -2.77. The van der Waals surface area contributed by atoms with Crippen molar-refractivity contribution in [3.8, 4) is 0 Å². The lowest BCUT2D eigenvalue weighted by Gasteiger charge is -2.02. The summed E-state index contributed by atoms with van der Waals surface area (Å²) in [6.45, 7) is 1.97. The quantitative estimate of drug-likeness (QED) is 0.386. The molecule has 28 heavy (non-hydrogen) atoms. The number of anilines is 1. The van der Waals surface area contributed by atoms with Crippen molar-refractivity contribution in [2.75, 3.05) is 5.32 Å². The number of nitrogens with zero attached hydrogens (tertiary/aromatic N) is 3. The maximum absolute atomic E-state index is 12.0. The standard InChI is InChI=1S/C21H20N4OS2/c1-2-3-4-5-6-7-8-13-19(26)23-20-24-25-21(28-20)27-18-14-15-22-17-12-10-9-11-16(17)18/h2-7,9-12,14-15H,8,13H2,1H3,(H,23,24,26)/b3-2-,5-4-,7-6+. The van der Waals surface area contributed by atoms with Gasteiger partial charge < -0.3 is 5.32 Å². The van der Waals surface area contributed by atoms with Crippen LogP contribution in [0, 0.1) is 0 Å². The maximum Gasteiger partial charge on any atom is 0.226 e. The minimum Gasteiger partial charge on any atom is -0.300 e. The largest absolute Gasteiger partial charge is 0.300 e. The molecule has 0 spiro atoms. The van der Waals surface area contributed by atoms with Crippen molar-refractivity contribution in [3.63, 3.8) is 0 Å². The molecule has 0 bridgehead atoms. The highest BCUT2D eigenvalue weighted by Crippen LogP contribution is 2.35. The Bertz CT molecular complexity index is 1020. The Morgan fingerprint density at radius 3 is 2.89 bits per heavy atom. The molecule has 142 valence electrons. The average molecular weight is 409 g/mol. The second-order valence-electron chi connectivity index (χ2n) is 5.73. The van der Waals surface area contributed by atoms with Gasteiger partial charge in [-0.1, -0.05) is 77.8 Å². The number of carbonyl (C=O) groups excluding carboxylic acids is 1. The SMILES string of the molecule is C\C=C/C=C\C=C\CCC(=O)Nc1nnc(Sc2ccnc3ccccc23)s1. The van der Waals surface area contributed by atoms with Crippen molar-refractivity contribution in [2.45, 2.75) is 29.0 Å². The Balaban J connectivity index is 1.53. The number of allylic oxidation sites excluding steroid dienone is 6. The monoisotopic (exact) mass is 408 g/mol. The molecule has 1 N–H and O–H groups in total. The van der Waals surface area contributed by atoms with Gasteiger partial charge in [-0.3, -0.25) is 9.78 Å². The van der Waals surface area contributed by atoms with Gasteiger partial charge in [0.25, 0.3) is 0 Å². The topological polar surface area (TPSA) is 67.8 Å². The number of hydrogen-bond acceptors (Lipinski definition) is 6. The summed E-state index contributed by atoms with van der Waals surface area (Å²) in [6.07, 6.45) is 14.6. The molecular formula is C21H20N4OS2. The molecule has 1 amide bonds. The fraction of sp³-hybridized carbons (Fsp3) is 0.143. The molecule has 0 aliphatic heterocycles. The lowest BCUT2D eigenvalue weighted by molar-refractivity contribution is -0.116. The first kappa shape index (κ1) is 20.0. The maximum atomic E-state index is 12.0. The molecule has 2 aromatic heterocycles. The van der Waals surface area contributed by atoms with Gasteiger partial charge in [-0.05, 0) is 25.5 Å². The van der Waals surface area contributed by atoms with Crippen molar-refractivity contribution in [2.24, 2.45) is 0 Å². The van der Waals surface area contributed by atoms with E-state index in [1.165, 1.54) is 23.1 Å². The summed E-state index contributed by atoms with van der Waals surface area (Å²) >= 11 is 2.89. The molecule has 0 saturated heterocycles. The van der Waals surface area contributed by atoms with Gasteiger partial charge in [-0.2, -0.15) is 0 Å². The Labute approximate surface area is 172 Å². The van der Waals surface area contributed by atoms with E-state index in [0.717, 1.165) is 20.1 Å². The molecular weight excluding hydrogens is 388 g/mol. The number of carbonyl (C=O) groups is 1. The van der Waals surface area contributed by atoms with Crippen LogP contribution in [0.1, 0.15) is 19.8 Å². The first-order valence-corrected chi connectivity index (χ1v) is 10.5. The van der Waals surface area contributed by atoms with Gasteiger partial charge in [0.15, 0.2) is 4.34 Å². The highest BCUT2D eigenvalue weighted by Gasteiger charge is 2.10. The van der Waals surface area contributed by atoms with Crippen molar-refractivity contribution in [1.29, 1.82) is 0 Å². The van der Waals surface area contributed by atoms with E-state index >= 15 is 0 Å². The highest BCUT2D eigenvalue weighted by molar-refractivity contribution is 8.01. The Morgan fingerprint density at radius 2 is 2.00 bits per heavy atom. The van der Waals surface area contributed by atoms with Gasteiger partial charge in [0, 0.05) is 22.9 Å². The van der Waals surface area contributed by atoms with Crippen molar-refractivity contribution in [1.82, 2.24) is 15.2 Å². The first-order valence-electron chi connectivity index (χ1n) is 8.85. The van der Waals surface area contributed by atoms with E-state index in [9.17, 15) is 4.79 Å². The number of rotatable bonds is 8. The minimum absolute atomic E-state index is 0.0656. The fourth-order valence-electron chi connectivity index (χ4n) is 2.36. The van der Waals surface area contributed by atoms with Crippen LogP contribution in [-0.4, -0.2) is 21.1 Å². The summed E-state index contributed by atoms with van der Waals surface area (Å²) in [5.41, 5.74) is 0.944. The molecule has 0 saturated carbocycles. The van der Waals surface area contributed by atoms with Crippen molar-refractivity contribution in [3.05, 3.63) is 73.0 Å². The smallest absolute Gasteiger partial charge is 0.226 e.